The van der Waals surface area contributed by atoms with E-state index >= 15 is 0 Å². The van der Waals surface area contributed by atoms with Gasteiger partial charge in [-0.05, 0) is 25.5 Å². The maximum atomic E-state index is 4.28. The summed E-state index contributed by atoms with van der Waals surface area (Å²) in [7, 11) is 0. The molecule has 1 fully saturated rings. The third kappa shape index (κ3) is 3.32. The molecule has 1 N–H and O–H groups in total. The van der Waals surface area contributed by atoms with Gasteiger partial charge in [0.1, 0.15) is 0 Å². The maximum absolute atomic E-state index is 4.28. The number of hydrogen-bond donors (Lipinski definition) is 1. The van der Waals surface area contributed by atoms with Crippen molar-refractivity contribution in [3.63, 3.8) is 0 Å². The Morgan fingerprint density at radius 3 is 2.80 bits per heavy atom. The normalized spacial score (nSPS) is 18.2. The number of nitrogens with one attached hydrogen (secondary N) is 1. The van der Waals surface area contributed by atoms with Crippen molar-refractivity contribution in [1.29, 1.82) is 0 Å². The molecule has 0 saturated carbocycles. The fourth-order valence-electron chi connectivity index (χ4n) is 1.98. The quantitative estimate of drug-likeness (QED) is 0.781. The molecule has 0 aromatic carbocycles. The van der Waals surface area contributed by atoms with E-state index in [1.54, 1.807) is 0 Å². The molecule has 4 heteroatoms. The Kier molecular flexibility index (Phi) is 3.75. The predicted octanol–water partition coefficient (Wildman–Crippen LogP) is 0.487. The van der Waals surface area contributed by atoms with Gasteiger partial charge in [-0.3, -0.25) is 4.68 Å². The Hall–Kier alpha value is -0.870. The van der Waals surface area contributed by atoms with Crippen molar-refractivity contribution in [2.75, 3.05) is 32.7 Å². The van der Waals surface area contributed by atoms with Crippen molar-refractivity contribution in [2.45, 2.75) is 19.9 Å². The molecule has 1 aliphatic heterocycles. The summed E-state index contributed by atoms with van der Waals surface area (Å²) < 4.78 is 2.04. The first-order valence-corrected chi connectivity index (χ1v) is 5.77. The maximum Gasteiger partial charge on any atom is 0.0518 e. The van der Waals surface area contributed by atoms with Gasteiger partial charge in [0.15, 0.2) is 0 Å². The summed E-state index contributed by atoms with van der Waals surface area (Å²) in [6.45, 7) is 8.98. The summed E-state index contributed by atoms with van der Waals surface area (Å²) in [5.41, 5.74) is 1.25. The molecule has 0 radical (unpaired) electrons. The Balaban J connectivity index is 1.65. The molecule has 0 atom stereocenters. The second-order valence-corrected chi connectivity index (χ2v) is 4.23. The lowest BCUT2D eigenvalue weighted by Gasteiger charge is -2.26. The van der Waals surface area contributed by atoms with Gasteiger partial charge in [0.05, 0.1) is 6.20 Å². The smallest absolute Gasteiger partial charge is 0.0518 e. The Bertz CT molecular complexity index is 289. The van der Waals surface area contributed by atoms with Crippen LogP contribution in [0.2, 0.25) is 0 Å². The highest BCUT2D eigenvalue weighted by Crippen LogP contribution is 1.98. The lowest BCUT2D eigenvalue weighted by atomic mass is 10.3. The van der Waals surface area contributed by atoms with Crippen molar-refractivity contribution in [3.05, 3.63) is 18.0 Å². The summed E-state index contributed by atoms with van der Waals surface area (Å²) in [5.74, 6) is 0. The Morgan fingerprint density at radius 1 is 1.33 bits per heavy atom. The Morgan fingerprint density at radius 2 is 2.13 bits per heavy atom. The molecule has 84 valence electrons. The highest BCUT2D eigenvalue weighted by Gasteiger charge is 2.08. The average molecular weight is 208 g/mol. The van der Waals surface area contributed by atoms with Crippen LogP contribution >= 0.6 is 0 Å². The van der Waals surface area contributed by atoms with Gasteiger partial charge in [0.25, 0.3) is 0 Å². The van der Waals surface area contributed by atoms with E-state index in [0.717, 1.165) is 19.6 Å². The van der Waals surface area contributed by atoms with E-state index < -0.39 is 0 Å². The highest BCUT2D eigenvalue weighted by atomic mass is 15.3. The number of rotatable bonds is 4. The molecular weight excluding hydrogens is 188 g/mol. The number of aryl methyl sites for hydroxylation is 2. The van der Waals surface area contributed by atoms with Crippen molar-refractivity contribution < 1.29 is 0 Å². The summed E-state index contributed by atoms with van der Waals surface area (Å²) >= 11 is 0. The zero-order valence-electron chi connectivity index (χ0n) is 9.45. The molecular formula is C11H20N4. The summed E-state index contributed by atoms with van der Waals surface area (Å²) in [6, 6.07) is 0. The van der Waals surface area contributed by atoms with Gasteiger partial charge in [-0.15, -0.1) is 0 Å². The van der Waals surface area contributed by atoms with Crippen LogP contribution < -0.4 is 5.32 Å². The molecule has 1 saturated heterocycles. The van der Waals surface area contributed by atoms with Crippen LogP contribution in [0.15, 0.2) is 12.4 Å². The first-order chi connectivity index (χ1) is 7.34. The van der Waals surface area contributed by atoms with Crippen LogP contribution in [0.25, 0.3) is 0 Å². The minimum atomic E-state index is 1.04. The van der Waals surface area contributed by atoms with E-state index in [0.29, 0.717) is 0 Å². The molecule has 0 amide bonds. The third-order valence-electron chi connectivity index (χ3n) is 2.83. The van der Waals surface area contributed by atoms with E-state index in [2.05, 4.69) is 28.4 Å². The summed E-state index contributed by atoms with van der Waals surface area (Å²) in [5, 5.41) is 7.65. The van der Waals surface area contributed by atoms with Crippen molar-refractivity contribution >= 4 is 0 Å². The molecule has 0 bridgehead atoms. The third-order valence-corrected chi connectivity index (χ3v) is 2.83. The van der Waals surface area contributed by atoms with Crippen LogP contribution in [0, 0.1) is 6.92 Å². The van der Waals surface area contributed by atoms with Crippen molar-refractivity contribution in [2.24, 2.45) is 0 Å². The number of hydrogen-bond acceptors (Lipinski definition) is 3. The van der Waals surface area contributed by atoms with E-state index in [1.807, 2.05) is 10.9 Å². The van der Waals surface area contributed by atoms with Crippen LogP contribution in [0.1, 0.15) is 12.0 Å². The van der Waals surface area contributed by atoms with Gasteiger partial charge in [0.2, 0.25) is 0 Å². The van der Waals surface area contributed by atoms with Gasteiger partial charge in [0, 0.05) is 38.9 Å². The summed E-state index contributed by atoms with van der Waals surface area (Å²) in [6.07, 6.45) is 5.23. The highest BCUT2D eigenvalue weighted by molar-refractivity contribution is 4.99. The zero-order valence-corrected chi connectivity index (χ0v) is 9.45. The first kappa shape index (κ1) is 10.6. The Labute approximate surface area is 91.3 Å². The minimum absolute atomic E-state index is 1.04. The fourth-order valence-corrected chi connectivity index (χ4v) is 1.98. The van der Waals surface area contributed by atoms with Gasteiger partial charge in [-0.25, -0.2) is 0 Å². The van der Waals surface area contributed by atoms with Crippen LogP contribution in [0.4, 0.5) is 0 Å². The van der Waals surface area contributed by atoms with Crippen LogP contribution in [-0.4, -0.2) is 47.4 Å². The number of nitrogens with zero attached hydrogens (tertiary/aromatic N) is 3. The van der Waals surface area contributed by atoms with Gasteiger partial charge in [-0.1, -0.05) is 0 Å². The average Bonchev–Trinajstić information content (AvgIpc) is 2.66. The number of piperazine rings is 1. The van der Waals surface area contributed by atoms with Gasteiger partial charge >= 0.3 is 0 Å². The first-order valence-electron chi connectivity index (χ1n) is 5.77. The van der Waals surface area contributed by atoms with Gasteiger partial charge < -0.3 is 10.2 Å². The second-order valence-electron chi connectivity index (χ2n) is 4.23. The molecule has 0 spiro atoms. The lowest BCUT2D eigenvalue weighted by molar-refractivity contribution is 0.233. The topological polar surface area (TPSA) is 33.1 Å². The van der Waals surface area contributed by atoms with Crippen LogP contribution in [-0.2, 0) is 6.54 Å². The van der Waals surface area contributed by atoms with Crippen molar-refractivity contribution in [1.82, 2.24) is 20.0 Å². The molecule has 0 unspecified atom stereocenters. The monoisotopic (exact) mass is 208 g/mol. The van der Waals surface area contributed by atoms with E-state index in [4.69, 9.17) is 0 Å². The largest absolute Gasteiger partial charge is 0.314 e. The van der Waals surface area contributed by atoms with Gasteiger partial charge in [-0.2, -0.15) is 5.10 Å². The van der Waals surface area contributed by atoms with E-state index in [9.17, 15) is 0 Å². The molecule has 4 nitrogen and oxygen atoms in total. The predicted molar refractivity (Wildman–Crippen MR) is 60.9 cm³/mol. The SMILES string of the molecule is Cc1cnn(CCCN2CCNCC2)c1. The van der Waals surface area contributed by atoms with Crippen molar-refractivity contribution in [3.8, 4) is 0 Å². The minimum Gasteiger partial charge on any atom is -0.314 e. The zero-order chi connectivity index (χ0) is 10.5. The lowest BCUT2D eigenvalue weighted by Crippen LogP contribution is -2.43. The molecule has 2 rings (SSSR count). The van der Waals surface area contributed by atoms with E-state index in [-0.39, 0.29) is 0 Å². The second kappa shape index (κ2) is 5.28. The molecule has 1 aromatic heterocycles. The summed E-state index contributed by atoms with van der Waals surface area (Å²) in [4.78, 5) is 2.52. The van der Waals surface area contributed by atoms with Crippen LogP contribution in [0.5, 0.6) is 0 Å². The molecule has 1 aromatic rings. The number of aromatic nitrogens is 2. The van der Waals surface area contributed by atoms with E-state index in [1.165, 1.54) is 31.6 Å². The molecule has 15 heavy (non-hydrogen) atoms. The van der Waals surface area contributed by atoms with Crippen LogP contribution in [0.3, 0.4) is 0 Å². The molecule has 1 aliphatic rings. The standard InChI is InChI=1S/C11H20N4/c1-11-9-13-15(10-11)6-2-5-14-7-3-12-4-8-14/h9-10,12H,2-8H2,1H3. The molecule has 2 heterocycles. The fraction of sp³-hybridized carbons (Fsp3) is 0.727. The molecule has 0 aliphatic carbocycles.